The van der Waals surface area contributed by atoms with E-state index < -0.39 is 0 Å². The Morgan fingerprint density at radius 3 is 2.59 bits per heavy atom. The van der Waals surface area contributed by atoms with Gasteiger partial charge in [0.2, 0.25) is 0 Å². The average molecular weight is 361 g/mol. The third-order valence-corrected chi connectivity index (χ3v) is 4.60. The van der Waals surface area contributed by atoms with Gasteiger partial charge in [0.1, 0.15) is 0 Å². The van der Waals surface area contributed by atoms with E-state index in [9.17, 15) is 4.79 Å². The van der Waals surface area contributed by atoms with Gasteiger partial charge in [-0.3, -0.25) is 4.79 Å². The number of benzene rings is 1. The molecule has 114 valence electrons. The van der Waals surface area contributed by atoms with Gasteiger partial charge in [-0.05, 0) is 49.6 Å². The highest BCUT2D eigenvalue weighted by atomic mass is 79.9. The van der Waals surface area contributed by atoms with E-state index in [-0.39, 0.29) is 5.91 Å². The highest BCUT2D eigenvalue weighted by molar-refractivity contribution is 9.10. The van der Waals surface area contributed by atoms with Crippen LogP contribution in [0.15, 0.2) is 34.8 Å². The molecule has 22 heavy (non-hydrogen) atoms. The van der Waals surface area contributed by atoms with Gasteiger partial charge in [0.25, 0.3) is 5.91 Å². The molecule has 0 saturated carbocycles. The fraction of sp³-hybridized carbons (Fsp3) is 0.312. The molecular weight excluding hydrogens is 344 g/mol. The Hall–Kier alpha value is -1.95. The zero-order chi connectivity index (χ0) is 15.5. The van der Waals surface area contributed by atoms with Crippen LogP contribution < -0.4 is 10.2 Å². The molecule has 1 aliphatic rings. The quantitative estimate of drug-likeness (QED) is 0.911. The van der Waals surface area contributed by atoms with Gasteiger partial charge in [0.15, 0.2) is 11.5 Å². The molecule has 0 radical (unpaired) electrons. The van der Waals surface area contributed by atoms with Crippen LogP contribution in [0.25, 0.3) is 0 Å². The SMILES string of the molecule is Cc1ccc(NC(=O)c2ccc(N3CCCC3)nn2)cc1Br. The van der Waals surface area contributed by atoms with E-state index >= 15 is 0 Å². The third kappa shape index (κ3) is 3.27. The van der Waals surface area contributed by atoms with Crippen LogP contribution in [0.5, 0.6) is 0 Å². The summed E-state index contributed by atoms with van der Waals surface area (Å²) >= 11 is 3.45. The molecule has 2 heterocycles. The van der Waals surface area contributed by atoms with E-state index in [1.54, 1.807) is 6.07 Å². The minimum Gasteiger partial charge on any atom is -0.355 e. The third-order valence-electron chi connectivity index (χ3n) is 3.74. The number of nitrogens with zero attached hydrogens (tertiary/aromatic N) is 3. The minimum atomic E-state index is -0.253. The van der Waals surface area contributed by atoms with E-state index in [1.165, 1.54) is 12.8 Å². The van der Waals surface area contributed by atoms with Gasteiger partial charge in [0.05, 0.1) is 0 Å². The number of amides is 1. The maximum Gasteiger partial charge on any atom is 0.276 e. The van der Waals surface area contributed by atoms with Crippen molar-refractivity contribution in [1.82, 2.24) is 10.2 Å². The van der Waals surface area contributed by atoms with E-state index in [0.717, 1.165) is 34.6 Å². The average Bonchev–Trinajstić information content (AvgIpc) is 3.05. The molecule has 1 amide bonds. The van der Waals surface area contributed by atoms with Crippen molar-refractivity contribution in [3.8, 4) is 0 Å². The molecule has 0 bridgehead atoms. The lowest BCUT2D eigenvalue weighted by Crippen LogP contribution is -2.21. The highest BCUT2D eigenvalue weighted by Crippen LogP contribution is 2.21. The van der Waals surface area contributed by atoms with Crippen molar-refractivity contribution in [3.63, 3.8) is 0 Å². The predicted molar refractivity (Wildman–Crippen MR) is 90.3 cm³/mol. The molecule has 1 aromatic heterocycles. The predicted octanol–water partition coefficient (Wildman–Crippen LogP) is 3.40. The van der Waals surface area contributed by atoms with Gasteiger partial charge >= 0.3 is 0 Å². The van der Waals surface area contributed by atoms with Crippen LogP contribution in [0.4, 0.5) is 11.5 Å². The van der Waals surface area contributed by atoms with E-state index in [0.29, 0.717) is 5.69 Å². The standard InChI is InChI=1S/C16H17BrN4O/c1-11-4-5-12(10-13(11)17)18-16(22)14-6-7-15(20-19-14)21-8-2-3-9-21/h4-7,10H,2-3,8-9H2,1H3,(H,18,22). The molecule has 1 fully saturated rings. The first-order valence-electron chi connectivity index (χ1n) is 7.30. The normalized spacial score (nSPS) is 14.2. The Kier molecular flexibility index (Phi) is 4.38. The first kappa shape index (κ1) is 15.0. The lowest BCUT2D eigenvalue weighted by atomic mass is 10.2. The second-order valence-corrected chi connectivity index (χ2v) is 6.24. The molecule has 0 unspecified atom stereocenters. The second kappa shape index (κ2) is 6.44. The smallest absolute Gasteiger partial charge is 0.276 e. The number of hydrogen-bond acceptors (Lipinski definition) is 4. The van der Waals surface area contributed by atoms with Gasteiger partial charge in [-0.2, -0.15) is 0 Å². The summed E-state index contributed by atoms with van der Waals surface area (Å²) in [5, 5.41) is 11.0. The van der Waals surface area contributed by atoms with Crippen molar-refractivity contribution < 1.29 is 4.79 Å². The summed E-state index contributed by atoms with van der Waals surface area (Å²) in [5.41, 5.74) is 2.17. The Balaban J connectivity index is 1.70. The van der Waals surface area contributed by atoms with Gasteiger partial charge in [0, 0.05) is 23.2 Å². The Labute approximate surface area is 137 Å². The number of carbonyl (C=O) groups excluding carboxylic acids is 1. The Morgan fingerprint density at radius 1 is 1.18 bits per heavy atom. The van der Waals surface area contributed by atoms with Crippen LogP contribution in [-0.4, -0.2) is 29.2 Å². The van der Waals surface area contributed by atoms with E-state index in [4.69, 9.17) is 0 Å². The van der Waals surface area contributed by atoms with Crippen LogP contribution >= 0.6 is 15.9 Å². The monoisotopic (exact) mass is 360 g/mol. The van der Waals surface area contributed by atoms with Crippen LogP contribution in [-0.2, 0) is 0 Å². The molecule has 6 heteroatoms. The van der Waals surface area contributed by atoms with Crippen molar-refractivity contribution in [2.24, 2.45) is 0 Å². The van der Waals surface area contributed by atoms with Crippen LogP contribution in [0.3, 0.4) is 0 Å². The second-order valence-electron chi connectivity index (χ2n) is 5.39. The van der Waals surface area contributed by atoms with Crippen molar-refractivity contribution in [3.05, 3.63) is 46.1 Å². The molecular formula is C16H17BrN4O. The fourth-order valence-corrected chi connectivity index (χ4v) is 2.81. The van der Waals surface area contributed by atoms with Crippen LogP contribution in [0.2, 0.25) is 0 Å². The zero-order valence-corrected chi connectivity index (χ0v) is 13.9. The molecule has 1 N–H and O–H groups in total. The maximum atomic E-state index is 12.2. The molecule has 3 rings (SSSR count). The van der Waals surface area contributed by atoms with Crippen molar-refractivity contribution in [1.29, 1.82) is 0 Å². The number of anilines is 2. The Bertz CT molecular complexity index is 681. The van der Waals surface area contributed by atoms with Crippen LogP contribution in [0.1, 0.15) is 28.9 Å². The minimum absolute atomic E-state index is 0.253. The number of carbonyl (C=O) groups is 1. The summed E-state index contributed by atoms with van der Waals surface area (Å²) in [7, 11) is 0. The number of hydrogen-bond donors (Lipinski definition) is 1. The largest absolute Gasteiger partial charge is 0.355 e. The first-order chi connectivity index (χ1) is 10.6. The number of aromatic nitrogens is 2. The fourth-order valence-electron chi connectivity index (χ4n) is 2.43. The lowest BCUT2D eigenvalue weighted by Gasteiger charge is -2.15. The van der Waals surface area contributed by atoms with Crippen molar-refractivity contribution in [2.75, 3.05) is 23.3 Å². The Morgan fingerprint density at radius 2 is 1.95 bits per heavy atom. The number of nitrogens with one attached hydrogen (secondary N) is 1. The zero-order valence-electron chi connectivity index (χ0n) is 12.3. The molecule has 2 aromatic rings. The molecule has 0 spiro atoms. The molecule has 1 aliphatic heterocycles. The first-order valence-corrected chi connectivity index (χ1v) is 8.09. The topological polar surface area (TPSA) is 58.1 Å². The molecule has 1 saturated heterocycles. The summed E-state index contributed by atoms with van der Waals surface area (Å²) in [4.78, 5) is 14.4. The van der Waals surface area contributed by atoms with Gasteiger partial charge in [-0.15, -0.1) is 10.2 Å². The number of halogens is 1. The summed E-state index contributed by atoms with van der Waals surface area (Å²) in [6.45, 7) is 4.02. The molecule has 0 atom stereocenters. The van der Waals surface area contributed by atoms with E-state index in [2.05, 4.69) is 36.3 Å². The number of rotatable bonds is 3. The highest BCUT2D eigenvalue weighted by Gasteiger charge is 2.15. The molecule has 0 aliphatic carbocycles. The lowest BCUT2D eigenvalue weighted by molar-refractivity contribution is 0.102. The molecule has 1 aromatic carbocycles. The van der Waals surface area contributed by atoms with Gasteiger partial charge < -0.3 is 10.2 Å². The van der Waals surface area contributed by atoms with Crippen molar-refractivity contribution in [2.45, 2.75) is 19.8 Å². The summed E-state index contributed by atoms with van der Waals surface area (Å²) < 4.78 is 0.959. The molecule has 5 nitrogen and oxygen atoms in total. The van der Waals surface area contributed by atoms with Crippen molar-refractivity contribution >= 4 is 33.3 Å². The maximum absolute atomic E-state index is 12.2. The van der Waals surface area contributed by atoms with Gasteiger partial charge in [-0.1, -0.05) is 22.0 Å². The van der Waals surface area contributed by atoms with Gasteiger partial charge in [-0.25, -0.2) is 0 Å². The summed E-state index contributed by atoms with van der Waals surface area (Å²) in [6.07, 6.45) is 2.37. The van der Waals surface area contributed by atoms with E-state index in [1.807, 2.05) is 31.2 Å². The number of aryl methyl sites for hydroxylation is 1. The van der Waals surface area contributed by atoms with Crippen LogP contribution in [0, 0.1) is 6.92 Å². The summed E-state index contributed by atoms with van der Waals surface area (Å²) in [6, 6.07) is 9.27. The summed E-state index contributed by atoms with van der Waals surface area (Å²) in [5.74, 6) is 0.586.